The molecule has 0 spiro atoms. The summed E-state index contributed by atoms with van der Waals surface area (Å²) >= 11 is -0.942. The average molecular weight is 618 g/mol. The Morgan fingerprint density at radius 3 is 2.47 bits per heavy atom. The molecule has 10 atom stereocenters. The van der Waals surface area contributed by atoms with Crippen molar-refractivity contribution in [1.29, 1.82) is 0 Å². The maximum atomic E-state index is 12.3. The zero-order chi connectivity index (χ0) is 26.1. The maximum absolute atomic E-state index is 12.3. The number of halogens is 1. The van der Waals surface area contributed by atoms with Gasteiger partial charge in [0.15, 0.2) is 0 Å². The van der Waals surface area contributed by atoms with Crippen molar-refractivity contribution in [1.82, 2.24) is 0 Å². The van der Waals surface area contributed by atoms with Crippen molar-refractivity contribution in [3.8, 4) is 0 Å². The third-order valence-corrected chi connectivity index (χ3v) is 13.2. The topological polar surface area (TPSA) is 104 Å². The number of hydrogen-bond acceptors (Lipinski definition) is 6. The highest BCUT2D eigenvalue weighted by Crippen LogP contribution is 2.68. The van der Waals surface area contributed by atoms with Crippen LogP contribution in [0, 0.1) is 46.3 Å². The minimum absolute atomic E-state index is 0.00819. The molecular formula is C29H46IO6-. The Hall–Kier alpha value is -0.570. The molecule has 0 heterocycles. The number of carboxylic acids is 1. The lowest BCUT2D eigenvalue weighted by Gasteiger charge is -2.62. The van der Waals surface area contributed by atoms with Gasteiger partial charge in [-0.1, -0.05) is 20.8 Å². The van der Waals surface area contributed by atoms with Crippen LogP contribution in [0.1, 0.15) is 104 Å². The molecule has 4 aliphatic carbocycles. The Labute approximate surface area is 227 Å². The van der Waals surface area contributed by atoms with Crippen molar-refractivity contribution in [2.45, 2.75) is 114 Å². The fourth-order valence-electron chi connectivity index (χ4n) is 9.40. The zero-order valence-electron chi connectivity index (χ0n) is 22.4. The number of fused-ring (bicyclic) bond motifs is 5. The third-order valence-electron chi connectivity index (χ3n) is 11.3. The van der Waals surface area contributed by atoms with E-state index in [-0.39, 0.29) is 35.9 Å². The van der Waals surface area contributed by atoms with Crippen LogP contribution in [0.3, 0.4) is 0 Å². The molecule has 6 nitrogen and oxygen atoms in total. The second kappa shape index (κ2) is 11.7. The van der Waals surface area contributed by atoms with E-state index in [1.165, 1.54) is 32.1 Å². The maximum Gasteiger partial charge on any atom is 0.305 e. The smallest absolute Gasteiger partial charge is 0.305 e. The largest absolute Gasteiger partial charge is 0.550 e. The van der Waals surface area contributed by atoms with Gasteiger partial charge in [-0.3, -0.25) is 7.86 Å². The summed E-state index contributed by atoms with van der Waals surface area (Å²) in [6.07, 6.45) is 11.0. The quantitative estimate of drug-likeness (QED) is 0.157. The third kappa shape index (κ3) is 5.57. The Bertz CT molecular complexity index is 818. The van der Waals surface area contributed by atoms with Gasteiger partial charge in [-0.2, -0.15) is 0 Å². The number of unbranched alkanes of at least 4 members (excludes halogenated alkanes) is 1. The monoisotopic (exact) mass is 617 g/mol. The number of carbonyl (C=O) groups is 2. The van der Waals surface area contributed by atoms with Crippen LogP contribution in [0.25, 0.3) is 0 Å². The number of hydrogen-bond donors (Lipinski definition) is 1. The molecule has 0 aliphatic heterocycles. The van der Waals surface area contributed by atoms with Crippen LogP contribution in [-0.2, 0) is 17.4 Å². The number of ether oxygens (including phenoxy) is 1. The fourth-order valence-corrected chi connectivity index (χ4v) is 10.8. The molecule has 0 saturated heterocycles. The normalized spacial score (nSPS) is 42.6. The first kappa shape index (κ1) is 28.4. The Morgan fingerprint density at radius 2 is 1.75 bits per heavy atom. The van der Waals surface area contributed by atoms with E-state index in [4.69, 9.17) is 4.74 Å². The summed E-state index contributed by atoms with van der Waals surface area (Å²) in [4.78, 5) is 22.7. The van der Waals surface area contributed by atoms with Crippen LogP contribution in [-0.4, -0.2) is 33.7 Å². The Balaban J connectivity index is 1.34. The molecule has 36 heavy (non-hydrogen) atoms. The van der Waals surface area contributed by atoms with Gasteiger partial charge in [0.1, 0.15) is 21.2 Å². The zero-order valence-corrected chi connectivity index (χ0v) is 24.5. The Kier molecular flexibility index (Phi) is 9.22. The van der Waals surface area contributed by atoms with E-state index in [2.05, 4.69) is 20.8 Å². The summed E-state index contributed by atoms with van der Waals surface area (Å²) in [5.74, 6) is 1.79. The number of aliphatic carboxylic acids is 1. The van der Waals surface area contributed by atoms with Gasteiger partial charge in [-0.05, 0) is 123 Å². The van der Waals surface area contributed by atoms with Gasteiger partial charge >= 0.3 is 5.97 Å². The first-order valence-electron chi connectivity index (χ1n) is 14.4. The molecule has 0 unspecified atom stereocenters. The molecule has 4 saturated carbocycles. The van der Waals surface area contributed by atoms with E-state index in [0.29, 0.717) is 58.7 Å². The summed E-state index contributed by atoms with van der Waals surface area (Å²) in [5.41, 5.74) is 0.506. The van der Waals surface area contributed by atoms with Crippen molar-refractivity contribution in [2.24, 2.45) is 46.3 Å². The summed E-state index contributed by atoms with van der Waals surface area (Å²) in [6.45, 7) is 7.53. The van der Waals surface area contributed by atoms with Crippen LogP contribution in [0.5, 0.6) is 0 Å². The van der Waals surface area contributed by atoms with E-state index < -0.39 is 27.2 Å². The van der Waals surface area contributed by atoms with Gasteiger partial charge in [-0.25, -0.2) is 0 Å². The highest BCUT2D eigenvalue weighted by molar-refractivity contribution is 14.1. The van der Waals surface area contributed by atoms with Crippen LogP contribution in [0.4, 0.5) is 0 Å². The van der Waals surface area contributed by atoms with Crippen LogP contribution >= 0.6 is 21.2 Å². The number of alkyl halides is 1. The molecule has 7 heteroatoms. The van der Waals surface area contributed by atoms with Gasteiger partial charge in [0.2, 0.25) is 0 Å². The number of carboxylic acid groups (broad SMARTS) is 1. The van der Waals surface area contributed by atoms with Crippen molar-refractivity contribution >= 4 is 33.1 Å². The number of carbonyl (C=O) groups excluding carboxylic acids is 2. The van der Waals surface area contributed by atoms with Crippen LogP contribution < -0.4 is 5.11 Å². The van der Waals surface area contributed by atoms with Gasteiger partial charge in [0.05, 0.1) is 12.7 Å². The number of esters is 1. The second-order valence-electron chi connectivity index (χ2n) is 13.1. The van der Waals surface area contributed by atoms with E-state index in [1.807, 2.05) is 0 Å². The molecule has 206 valence electrons. The molecule has 0 amide bonds. The van der Waals surface area contributed by atoms with Crippen molar-refractivity contribution in [3.05, 3.63) is 0 Å². The van der Waals surface area contributed by atoms with Gasteiger partial charge in [0, 0.05) is 16.3 Å². The minimum atomic E-state index is -1.06. The van der Waals surface area contributed by atoms with Crippen molar-refractivity contribution in [2.75, 3.05) is 6.61 Å². The average Bonchev–Trinajstić information content (AvgIpc) is 3.19. The van der Waals surface area contributed by atoms with Crippen molar-refractivity contribution in [3.63, 3.8) is 0 Å². The SMILES string of the molecule is C[C@H](CCC(=O)OCCCCC(=O)[O-])[C@H]1CC[C@H]2[C@@H]3[C@@H](O)C[C@@H]4C[C@H](I=O)CC[C@]4(C)[C@H]3CC[C@]12C. The lowest BCUT2D eigenvalue weighted by atomic mass is 9.44. The standard InChI is InChI=1S/C29H47IO6/c1-18(7-10-26(34)36-15-5-4-6-25(32)33)21-8-9-22-27-23(12-14-29(21,22)3)28(2)13-11-20(30-35)16-19(28)17-24(27)31/h18-24,27,31H,4-17H2,1-3H3,(H,32,33)/p-1/t18-,19+,20-,21-,22+,23+,24+,27+,28+,29-/m1/s1. The molecule has 0 aromatic carbocycles. The van der Waals surface area contributed by atoms with E-state index in [1.54, 1.807) is 0 Å². The summed E-state index contributed by atoms with van der Waals surface area (Å²) in [5, 5.41) is 21.9. The molecule has 0 bridgehead atoms. The molecule has 0 radical (unpaired) electrons. The van der Waals surface area contributed by atoms with Crippen LogP contribution in [0.2, 0.25) is 0 Å². The van der Waals surface area contributed by atoms with E-state index in [0.717, 1.165) is 25.7 Å². The molecule has 4 fully saturated rings. The van der Waals surface area contributed by atoms with Gasteiger partial charge in [-0.15, -0.1) is 0 Å². The lowest BCUT2D eigenvalue weighted by Crippen LogP contribution is -2.58. The first-order valence-corrected chi connectivity index (χ1v) is 16.5. The highest BCUT2D eigenvalue weighted by atomic mass is 127. The predicted molar refractivity (Wildman–Crippen MR) is 143 cm³/mol. The fraction of sp³-hybridized carbons (Fsp3) is 0.931. The molecular weight excluding hydrogens is 571 g/mol. The van der Waals surface area contributed by atoms with Crippen LogP contribution in [0.15, 0.2) is 0 Å². The summed E-state index contributed by atoms with van der Waals surface area (Å²) in [7, 11) is 0. The Morgan fingerprint density at radius 1 is 1.03 bits per heavy atom. The molecule has 1 N–H and O–H groups in total. The lowest BCUT2D eigenvalue weighted by molar-refractivity contribution is -0.305. The molecule has 4 aliphatic rings. The van der Waals surface area contributed by atoms with Gasteiger partial charge < -0.3 is 19.7 Å². The van der Waals surface area contributed by atoms with Crippen molar-refractivity contribution < 1.29 is 27.6 Å². The molecule has 0 aromatic heterocycles. The number of rotatable bonds is 10. The summed E-state index contributed by atoms with van der Waals surface area (Å²) < 4.78 is 17.4. The first-order chi connectivity index (χ1) is 17.1. The number of aliphatic hydroxyl groups excluding tert-OH is 1. The van der Waals surface area contributed by atoms with Gasteiger partial charge in [0.25, 0.3) is 0 Å². The molecule has 4 rings (SSSR count). The van der Waals surface area contributed by atoms with E-state index >= 15 is 0 Å². The number of aliphatic hydroxyl groups is 1. The second-order valence-corrected chi connectivity index (χ2v) is 15.3. The highest BCUT2D eigenvalue weighted by Gasteiger charge is 2.62. The minimum Gasteiger partial charge on any atom is -0.550 e. The van der Waals surface area contributed by atoms with E-state index in [9.17, 15) is 22.9 Å². The predicted octanol–water partition coefficient (Wildman–Crippen LogP) is 5.18. The summed E-state index contributed by atoms with van der Waals surface area (Å²) in [6, 6.07) is 0. The molecule has 0 aromatic rings.